The summed E-state index contributed by atoms with van der Waals surface area (Å²) in [6.07, 6.45) is 5.66. The average molecular weight is 307 g/mol. The molecular weight excluding hydrogens is 284 g/mol. The number of hydrogen-bond acceptors (Lipinski definition) is 4. The molecular formula is C13H23ClN2S2. The van der Waals surface area contributed by atoms with Gasteiger partial charge >= 0.3 is 0 Å². The van der Waals surface area contributed by atoms with Gasteiger partial charge in [0.2, 0.25) is 0 Å². The predicted molar refractivity (Wildman–Crippen MR) is 85.1 cm³/mol. The highest BCUT2D eigenvalue weighted by molar-refractivity contribution is 7.98. The lowest BCUT2D eigenvalue weighted by Crippen LogP contribution is -2.34. The first-order valence-corrected chi connectivity index (χ1v) is 9.20. The number of aryl methyl sites for hydroxylation is 1. The highest BCUT2D eigenvalue weighted by Crippen LogP contribution is 2.14. The Morgan fingerprint density at radius 3 is 2.89 bits per heavy atom. The highest BCUT2D eigenvalue weighted by atomic mass is 35.5. The fourth-order valence-corrected chi connectivity index (χ4v) is 3.88. The van der Waals surface area contributed by atoms with Crippen molar-refractivity contribution >= 4 is 34.7 Å². The molecule has 1 unspecified atom stereocenters. The normalized spacial score (nSPS) is 13.2. The van der Waals surface area contributed by atoms with E-state index in [2.05, 4.69) is 35.5 Å². The molecule has 0 N–H and O–H groups in total. The van der Waals surface area contributed by atoms with Gasteiger partial charge in [-0.25, -0.2) is 4.98 Å². The second-order valence-corrected chi connectivity index (χ2v) is 6.59. The first-order valence-electron chi connectivity index (χ1n) is 6.39. The summed E-state index contributed by atoms with van der Waals surface area (Å²) in [6.45, 7) is 3.42. The minimum Gasteiger partial charge on any atom is -0.303 e. The third kappa shape index (κ3) is 5.47. The summed E-state index contributed by atoms with van der Waals surface area (Å²) in [5, 5.41) is 3.28. The molecule has 1 heterocycles. The molecule has 0 aliphatic rings. The Balaban J connectivity index is 2.27. The van der Waals surface area contributed by atoms with Crippen molar-refractivity contribution in [1.82, 2.24) is 9.88 Å². The minimum absolute atomic E-state index is 0.530. The van der Waals surface area contributed by atoms with Gasteiger partial charge in [-0.2, -0.15) is 11.8 Å². The molecule has 0 spiro atoms. The van der Waals surface area contributed by atoms with E-state index in [1.54, 1.807) is 11.3 Å². The molecule has 0 aliphatic heterocycles. The zero-order valence-corrected chi connectivity index (χ0v) is 13.9. The minimum atomic E-state index is 0.530. The quantitative estimate of drug-likeness (QED) is 0.644. The van der Waals surface area contributed by atoms with E-state index < -0.39 is 0 Å². The molecule has 0 saturated heterocycles. The van der Waals surface area contributed by atoms with Crippen LogP contribution in [-0.2, 0) is 12.3 Å². The standard InChI is InChI=1S/C13H23ClN2S2/c1-4-12(10-17-3)16(2)7-5-6-13-15-11(8-14)9-18-13/h9,12H,4-8,10H2,1-3H3. The number of alkyl halides is 1. The van der Waals surface area contributed by atoms with Crippen LogP contribution in [0.2, 0.25) is 0 Å². The fraction of sp³-hybridized carbons (Fsp3) is 0.769. The number of rotatable bonds is 9. The second-order valence-electron chi connectivity index (χ2n) is 4.47. The molecule has 1 rings (SSSR count). The molecule has 5 heteroatoms. The molecule has 0 saturated carbocycles. The van der Waals surface area contributed by atoms with E-state index in [1.807, 2.05) is 11.8 Å². The highest BCUT2D eigenvalue weighted by Gasteiger charge is 2.11. The SMILES string of the molecule is CCC(CSC)N(C)CCCc1nc(CCl)cs1. The molecule has 0 amide bonds. The van der Waals surface area contributed by atoms with Crippen molar-refractivity contribution in [2.24, 2.45) is 0 Å². The summed E-state index contributed by atoms with van der Waals surface area (Å²) in [4.78, 5) is 6.97. The number of thioether (sulfide) groups is 1. The summed E-state index contributed by atoms with van der Waals surface area (Å²) in [6, 6.07) is 0.703. The summed E-state index contributed by atoms with van der Waals surface area (Å²) in [5.41, 5.74) is 1.01. The molecule has 0 aliphatic carbocycles. The molecule has 1 aromatic heterocycles. The maximum absolute atomic E-state index is 5.75. The van der Waals surface area contributed by atoms with Crippen LogP contribution in [0.25, 0.3) is 0 Å². The van der Waals surface area contributed by atoms with Crippen molar-refractivity contribution in [3.8, 4) is 0 Å². The van der Waals surface area contributed by atoms with Crippen molar-refractivity contribution in [3.05, 3.63) is 16.1 Å². The van der Waals surface area contributed by atoms with Crippen molar-refractivity contribution < 1.29 is 0 Å². The predicted octanol–water partition coefficient (Wildman–Crippen LogP) is 3.89. The third-order valence-corrected chi connectivity index (χ3v) is 5.04. The third-order valence-electron chi connectivity index (χ3n) is 3.09. The number of thiazole rings is 1. The van der Waals surface area contributed by atoms with E-state index >= 15 is 0 Å². The summed E-state index contributed by atoms with van der Waals surface area (Å²) < 4.78 is 0. The van der Waals surface area contributed by atoms with Gasteiger partial charge in [-0.3, -0.25) is 0 Å². The maximum Gasteiger partial charge on any atom is 0.0929 e. The molecule has 0 aromatic carbocycles. The average Bonchev–Trinajstić information content (AvgIpc) is 2.83. The lowest BCUT2D eigenvalue weighted by Gasteiger charge is -2.26. The van der Waals surface area contributed by atoms with E-state index in [4.69, 9.17) is 11.6 Å². The van der Waals surface area contributed by atoms with Crippen LogP contribution < -0.4 is 0 Å². The van der Waals surface area contributed by atoms with E-state index in [9.17, 15) is 0 Å². The Kier molecular flexibility index (Phi) is 8.31. The van der Waals surface area contributed by atoms with Crippen LogP contribution in [0.3, 0.4) is 0 Å². The van der Waals surface area contributed by atoms with Crippen LogP contribution in [0.1, 0.15) is 30.5 Å². The molecule has 0 bridgehead atoms. The fourth-order valence-electron chi connectivity index (χ4n) is 1.94. The Labute approximate surface area is 124 Å². The molecule has 104 valence electrons. The zero-order valence-electron chi connectivity index (χ0n) is 11.5. The van der Waals surface area contributed by atoms with Crippen LogP contribution in [0, 0.1) is 0 Å². The Morgan fingerprint density at radius 1 is 1.56 bits per heavy atom. The monoisotopic (exact) mass is 306 g/mol. The number of hydrogen-bond donors (Lipinski definition) is 0. The largest absolute Gasteiger partial charge is 0.303 e. The Hall–Kier alpha value is 0.230. The molecule has 0 radical (unpaired) electrons. The van der Waals surface area contributed by atoms with E-state index in [1.165, 1.54) is 23.6 Å². The van der Waals surface area contributed by atoms with Gasteiger partial charge in [0, 0.05) is 23.6 Å². The Morgan fingerprint density at radius 2 is 2.33 bits per heavy atom. The molecule has 18 heavy (non-hydrogen) atoms. The lowest BCUT2D eigenvalue weighted by molar-refractivity contribution is 0.253. The van der Waals surface area contributed by atoms with Gasteiger partial charge in [-0.15, -0.1) is 22.9 Å². The molecule has 0 fully saturated rings. The van der Waals surface area contributed by atoms with E-state index in [0.717, 1.165) is 18.7 Å². The van der Waals surface area contributed by atoms with E-state index in [-0.39, 0.29) is 0 Å². The molecule has 1 aromatic rings. The Bertz CT molecular complexity index is 331. The van der Waals surface area contributed by atoms with Crippen molar-refractivity contribution in [2.45, 2.75) is 38.1 Å². The van der Waals surface area contributed by atoms with Crippen molar-refractivity contribution in [1.29, 1.82) is 0 Å². The van der Waals surface area contributed by atoms with E-state index in [0.29, 0.717) is 11.9 Å². The van der Waals surface area contributed by atoms with Crippen LogP contribution in [0.15, 0.2) is 5.38 Å². The first-order chi connectivity index (χ1) is 8.71. The first kappa shape index (κ1) is 16.3. The maximum atomic E-state index is 5.75. The van der Waals surface area contributed by atoms with Crippen LogP contribution >= 0.6 is 34.7 Å². The van der Waals surface area contributed by atoms with Gasteiger partial charge in [0.1, 0.15) is 0 Å². The summed E-state index contributed by atoms with van der Waals surface area (Å²) in [5.74, 6) is 1.75. The number of aromatic nitrogens is 1. The van der Waals surface area contributed by atoms with Gasteiger partial charge in [0.15, 0.2) is 0 Å². The topological polar surface area (TPSA) is 16.1 Å². The second kappa shape index (κ2) is 9.18. The van der Waals surface area contributed by atoms with Gasteiger partial charge in [0.05, 0.1) is 16.6 Å². The summed E-state index contributed by atoms with van der Waals surface area (Å²) in [7, 11) is 2.23. The van der Waals surface area contributed by atoms with Gasteiger partial charge in [-0.05, 0) is 32.7 Å². The molecule has 1 atom stereocenters. The van der Waals surface area contributed by atoms with Crippen LogP contribution in [0.4, 0.5) is 0 Å². The smallest absolute Gasteiger partial charge is 0.0929 e. The van der Waals surface area contributed by atoms with Gasteiger partial charge in [-0.1, -0.05) is 6.92 Å². The van der Waals surface area contributed by atoms with Crippen LogP contribution in [-0.4, -0.2) is 41.5 Å². The van der Waals surface area contributed by atoms with Gasteiger partial charge < -0.3 is 4.90 Å². The summed E-state index contributed by atoms with van der Waals surface area (Å²) >= 11 is 9.42. The van der Waals surface area contributed by atoms with Crippen molar-refractivity contribution in [3.63, 3.8) is 0 Å². The van der Waals surface area contributed by atoms with Crippen molar-refractivity contribution in [2.75, 3.05) is 25.6 Å². The van der Waals surface area contributed by atoms with Gasteiger partial charge in [0.25, 0.3) is 0 Å². The van der Waals surface area contributed by atoms with Crippen LogP contribution in [0.5, 0.6) is 0 Å². The number of nitrogens with zero attached hydrogens (tertiary/aromatic N) is 2. The molecule has 2 nitrogen and oxygen atoms in total. The number of halogens is 1. The zero-order chi connectivity index (χ0) is 13.4. The lowest BCUT2D eigenvalue weighted by atomic mass is 10.2.